The topological polar surface area (TPSA) is 75.6 Å². The molecule has 5 heteroatoms. The summed E-state index contributed by atoms with van der Waals surface area (Å²) in [7, 11) is 0. The maximum Gasteiger partial charge on any atom is 0.308 e. The number of carbonyl (C=O) groups excluding carboxylic acids is 1. The maximum atomic E-state index is 12.1. The average molecular weight is 369 g/mol. The van der Waals surface area contributed by atoms with Crippen LogP contribution in [0.2, 0.25) is 0 Å². The van der Waals surface area contributed by atoms with Crippen molar-refractivity contribution < 1.29 is 19.4 Å². The molecule has 2 aromatic rings. The number of amides is 1. The van der Waals surface area contributed by atoms with Gasteiger partial charge in [-0.2, -0.15) is 0 Å². The highest BCUT2D eigenvalue weighted by Crippen LogP contribution is 2.19. The van der Waals surface area contributed by atoms with Gasteiger partial charge < -0.3 is 15.2 Å². The van der Waals surface area contributed by atoms with Gasteiger partial charge in [-0.3, -0.25) is 9.59 Å². The van der Waals surface area contributed by atoms with Crippen LogP contribution in [0.15, 0.2) is 42.5 Å². The van der Waals surface area contributed by atoms with Gasteiger partial charge in [-0.05, 0) is 48.4 Å². The Labute approximate surface area is 159 Å². The van der Waals surface area contributed by atoms with Gasteiger partial charge in [-0.1, -0.05) is 42.5 Å². The minimum Gasteiger partial charge on any atom is -0.481 e. The fraction of sp³-hybridized carbons (Fsp3) is 0.455. The molecule has 0 aliphatic carbocycles. The molecule has 0 radical (unpaired) electrons. The molecule has 2 aromatic carbocycles. The highest BCUT2D eigenvalue weighted by molar-refractivity contribution is 5.83. The van der Waals surface area contributed by atoms with Gasteiger partial charge in [-0.15, -0.1) is 0 Å². The SMILES string of the molecule is O=C(CCC1CCCCO1)NCC(Cc1ccc2ccccc2c1)C(=O)O. The largest absolute Gasteiger partial charge is 0.481 e. The fourth-order valence-electron chi connectivity index (χ4n) is 3.55. The second-order valence-electron chi connectivity index (χ2n) is 7.25. The van der Waals surface area contributed by atoms with Gasteiger partial charge in [0.25, 0.3) is 0 Å². The molecule has 27 heavy (non-hydrogen) atoms. The third-order valence-electron chi connectivity index (χ3n) is 5.16. The van der Waals surface area contributed by atoms with Gasteiger partial charge in [0, 0.05) is 19.6 Å². The number of aliphatic carboxylic acids is 1. The Morgan fingerprint density at radius 1 is 1.15 bits per heavy atom. The molecule has 0 spiro atoms. The molecule has 5 nitrogen and oxygen atoms in total. The number of hydrogen-bond acceptors (Lipinski definition) is 3. The summed E-state index contributed by atoms with van der Waals surface area (Å²) in [6.45, 7) is 0.922. The fourth-order valence-corrected chi connectivity index (χ4v) is 3.55. The van der Waals surface area contributed by atoms with Crippen molar-refractivity contribution in [3.63, 3.8) is 0 Å². The molecule has 2 N–H and O–H groups in total. The Morgan fingerprint density at radius 3 is 2.70 bits per heavy atom. The molecule has 1 amide bonds. The van der Waals surface area contributed by atoms with Crippen LogP contribution in [0.1, 0.15) is 37.7 Å². The van der Waals surface area contributed by atoms with Gasteiger partial charge in [0.15, 0.2) is 0 Å². The van der Waals surface area contributed by atoms with E-state index in [0.29, 0.717) is 19.3 Å². The third kappa shape index (κ3) is 5.79. The molecule has 3 rings (SSSR count). The lowest BCUT2D eigenvalue weighted by atomic mass is 9.97. The number of carbonyl (C=O) groups is 2. The van der Waals surface area contributed by atoms with Crippen molar-refractivity contribution in [3.8, 4) is 0 Å². The Morgan fingerprint density at radius 2 is 1.96 bits per heavy atom. The highest BCUT2D eigenvalue weighted by atomic mass is 16.5. The first-order valence-electron chi connectivity index (χ1n) is 9.70. The minimum absolute atomic E-state index is 0.103. The standard InChI is InChI=1S/C22H27NO4/c24-21(11-10-20-7-3-4-12-27-20)23-15-19(22(25)26)14-16-8-9-17-5-1-2-6-18(17)13-16/h1-2,5-6,8-9,13,19-20H,3-4,7,10-12,14-15H2,(H,23,24)(H,25,26). The van der Waals surface area contributed by atoms with Crippen LogP contribution < -0.4 is 5.32 Å². The lowest BCUT2D eigenvalue weighted by Gasteiger charge is -2.22. The zero-order chi connectivity index (χ0) is 19.1. The van der Waals surface area contributed by atoms with Crippen molar-refractivity contribution in [3.05, 3.63) is 48.0 Å². The van der Waals surface area contributed by atoms with Crippen LogP contribution in [-0.4, -0.2) is 36.2 Å². The monoisotopic (exact) mass is 369 g/mol. The molecular formula is C22H27NO4. The Hall–Kier alpha value is -2.40. The highest BCUT2D eigenvalue weighted by Gasteiger charge is 2.20. The van der Waals surface area contributed by atoms with E-state index in [1.54, 1.807) is 0 Å². The van der Waals surface area contributed by atoms with E-state index in [4.69, 9.17) is 4.74 Å². The van der Waals surface area contributed by atoms with Crippen molar-refractivity contribution in [1.82, 2.24) is 5.32 Å². The van der Waals surface area contributed by atoms with E-state index in [1.165, 1.54) is 0 Å². The molecule has 2 unspecified atom stereocenters. The molecule has 1 aliphatic heterocycles. The smallest absolute Gasteiger partial charge is 0.308 e. The summed E-state index contributed by atoms with van der Waals surface area (Å²) in [6, 6.07) is 14.0. The van der Waals surface area contributed by atoms with Gasteiger partial charge in [0.1, 0.15) is 0 Å². The number of hydrogen-bond donors (Lipinski definition) is 2. The molecule has 0 bridgehead atoms. The molecule has 0 aromatic heterocycles. The molecule has 1 heterocycles. The van der Waals surface area contributed by atoms with Crippen LogP contribution in [0, 0.1) is 5.92 Å². The zero-order valence-corrected chi connectivity index (χ0v) is 15.5. The van der Waals surface area contributed by atoms with E-state index in [2.05, 4.69) is 5.32 Å². The Balaban J connectivity index is 1.50. The van der Waals surface area contributed by atoms with Crippen LogP contribution in [0.3, 0.4) is 0 Å². The molecule has 0 saturated carbocycles. The third-order valence-corrected chi connectivity index (χ3v) is 5.16. The van der Waals surface area contributed by atoms with Crippen molar-refractivity contribution in [2.45, 2.75) is 44.6 Å². The van der Waals surface area contributed by atoms with E-state index in [0.717, 1.165) is 42.2 Å². The lowest BCUT2D eigenvalue weighted by Crippen LogP contribution is -2.34. The molecule has 1 saturated heterocycles. The predicted molar refractivity (Wildman–Crippen MR) is 105 cm³/mol. The summed E-state index contributed by atoms with van der Waals surface area (Å²) in [5.41, 5.74) is 0.964. The van der Waals surface area contributed by atoms with Crippen LogP contribution in [-0.2, 0) is 20.7 Å². The number of carboxylic acid groups (broad SMARTS) is 1. The van der Waals surface area contributed by atoms with Gasteiger partial charge in [0.2, 0.25) is 5.91 Å². The van der Waals surface area contributed by atoms with Gasteiger partial charge in [-0.25, -0.2) is 0 Å². The van der Waals surface area contributed by atoms with Crippen molar-refractivity contribution in [1.29, 1.82) is 0 Å². The summed E-state index contributed by atoms with van der Waals surface area (Å²) in [5.74, 6) is -1.63. The second kappa shape index (κ2) is 9.51. The summed E-state index contributed by atoms with van der Waals surface area (Å²) in [4.78, 5) is 23.7. The Kier molecular flexibility index (Phi) is 6.82. The Bertz CT molecular complexity index is 783. The van der Waals surface area contributed by atoms with Crippen molar-refractivity contribution in [2.24, 2.45) is 5.92 Å². The summed E-state index contributed by atoms with van der Waals surface area (Å²) < 4.78 is 5.63. The van der Waals surface area contributed by atoms with Crippen LogP contribution in [0.5, 0.6) is 0 Å². The number of ether oxygens (including phenoxy) is 1. The van der Waals surface area contributed by atoms with Gasteiger partial charge >= 0.3 is 5.97 Å². The normalized spacial score (nSPS) is 18.1. The van der Waals surface area contributed by atoms with E-state index in [9.17, 15) is 14.7 Å². The van der Waals surface area contributed by atoms with E-state index < -0.39 is 11.9 Å². The zero-order valence-electron chi connectivity index (χ0n) is 15.5. The first kappa shape index (κ1) is 19.4. The van der Waals surface area contributed by atoms with Crippen molar-refractivity contribution >= 4 is 22.6 Å². The van der Waals surface area contributed by atoms with E-state index in [1.807, 2.05) is 42.5 Å². The number of fused-ring (bicyclic) bond motifs is 1. The summed E-state index contributed by atoms with van der Waals surface area (Å²) in [6.07, 6.45) is 4.90. The number of rotatable bonds is 8. The lowest BCUT2D eigenvalue weighted by molar-refractivity contribution is -0.141. The number of carboxylic acids is 1. The second-order valence-corrected chi connectivity index (χ2v) is 7.25. The van der Waals surface area contributed by atoms with Crippen LogP contribution >= 0.6 is 0 Å². The minimum atomic E-state index is -0.890. The number of benzene rings is 2. The van der Waals surface area contributed by atoms with E-state index in [-0.39, 0.29) is 18.6 Å². The quantitative estimate of drug-likeness (QED) is 0.746. The molecule has 1 fully saturated rings. The van der Waals surface area contributed by atoms with Gasteiger partial charge in [0.05, 0.1) is 12.0 Å². The average Bonchev–Trinajstić information content (AvgIpc) is 2.70. The molecule has 144 valence electrons. The first-order valence-corrected chi connectivity index (χ1v) is 9.70. The van der Waals surface area contributed by atoms with Crippen molar-refractivity contribution in [2.75, 3.05) is 13.2 Å². The first-order chi connectivity index (χ1) is 13.1. The molecular weight excluding hydrogens is 342 g/mol. The summed E-state index contributed by atoms with van der Waals surface area (Å²) >= 11 is 0. The predicted octanol–water partition coefficient (Wildman–Crippen LogP) is 3.55. The van der Waals surface area contributed by atoms with Crippen LogP contribution in [0.4, 0.5) is 0 Å². The molecule has 2 atom stereocenters. The van der Waals surface area contributed by atoms with Crippen LogP contribution in [0.25, 0.3) is 10.8 Å². The van der Waals surface area contributed by atoms with E-state index >= 15 is 0 Å². The molecule has 1 aliphatic rings. The maximum absolute atomic E-state index is 12.1. The number of nitrogens with one attached hydrogen (secondary N) is 1. The summed E-state index contributed by atoms with van der Waals surface area (Å²) in [5, 5.41) is 14.5.